The van der Waals surface area contributed by atoms with Crippen molar-refractivity contribution in [2.24, 2.45) is 0 Å². The zero-order valence-electron chi connectivity index (χ0n) is 8.41. The van der Waals surface area contributed by atoms with E-state index in [4.69, 9.17) is 5.11 Å². The first kappa shape index (κ1) is 10.1. The van der Waals surface area contributed by atoms with Crippen LogP contribution in [0.3, 0.4) is 0 Å². The lowest BCUT2D eigenvalue weighted by Gasteiger charge is -2.02. The van der Waals surface area contributed by atoms with Crippen molar-refractivity contribution in [2.45, 2.75) is 12.8 Å². The van der Waals surface area contributed by atoms with E-state index in [1.165, 1.54) is 17.7 Å². The Hall–Kier alpha value is -1.41. The Morgan fingerprint density at radius 1 is 1.00 bits per heavy atom. The average Bonchev–Trinajstić information content (AvgIpc) is 2.26. The third-order valence-corrected chi connectivity index (χ3v) is 2.49. The molecule has 0 atom stereocenters. The fourth-order valence-electron chi connectivity index (χ4n) is 1.70. The smallest absolute Gasteiger partial charge is 0.123 e. The first-order valence-corrected chi connectivity index (χ1v) is 5.08. The van der Waals surface area contributed by atoms with E-state index < -0.39 is 0 Å². The SMILES string of the molecule is OCCCc1ccc2cc(F)ccc2c1. The van der Waals surface area contributed by atoms with E-state index >= 15 is 0 Å². The summed E-state index contributed by atoms with van der Waals surface area (Å²) in [6, 6.07) is 10.7. The molecule has 0 spiro atoms. The van der Waals surface area contributed by atoms with Gasteiger partial charge < -0.3 is 5.11 Å². The Morgan fingerprint density at radius 2 is 1.73 bits per heavy atom. The highest BCUT2D eigenvalue weighted by Crippen LogP contribution is 2.18. The molecule has 2 heteroatoms. The maximum atomic E-state index is 12.9. The summed E-state index contributed by atoms with van der Waals surface area (Å²) in [4.78, 5) is 0. The van der Waals surface area contributed by atoms with Crippen LogP contribution in [0.5, 0.6) is 0 Å². The topological polar surface area (TPSA) is 20.2 Å². The van der Waals surface area contributed by atoms with Gasteiger partial charge in [-0.3, -0.25) is 0 Å². The van der Waals surface area contributed by atoms with Gasteiger partial charge in [-0.1, -0.05) is 24.3 Å². The summed E-state index contributed by atoms with van der Waals surface area (Å²) in [5.74, 6) is -0.203. The number of benzene rings is 2. The van der Waals surface area contributed by atoms with E-state index in [0.717, 1.165) is 23.6 Å². The van der Waals surface area contributed by atoms with Crippen LogP contribution in [0.25, 0.3) is 10.8 Å². The Balaban J connectivity index is 2.34. The molecule has 2 aromatic rings. The normalized spacial score (nSPS) is 10.8. The Bertz CT molecular complexity index is 465. The van der Waals surface area contributed by atoms with E-state index in [1.807, 2.05) is 18.2 Å². The summed E-state index contributed by atoms with van der Waals surface area (Å²) in [5.41, 5.74) is 1.18. The Labute approximate surface area is 88.2 Å². The van der Waals surface area contributed by atoms with Crippen molar-refractivity contribution in [1.82, 2.24) is 0 Å². The third-order valence-electron chi connectivity index (χ3n) is 2.49. The summed E-state index contributed by atoms with van der Waals surface area (Å²) >= 11 is 0. The highest BCUT2D eigenvalue weighted by molar-refractivity contribution is 5.83. The predicted molar refractivity (Wildman–Crippen MR) is 59.3 cm³/mol. The van der Waals surface area contributed by atoms with Crippen molar-refractivity contribution in [3.05, 3.63) is 47.8 Å². The van der Waals surface area contributed by atoms with Gasteiger partial charge in [0.15, 0.2) is 0 Å². The molecular formula is C13H13FO. The number of aryl methyl sites for hydroxylation is 1. The van der Waals surface area contributed by atoms with Crippen molar-refractivity contribution in [3.63, 3.8) is 0 Å². The lowest BCUT2D eigenvalue weighted by molar-refractivity contribution is 0.288. The van der Waals surface area contributed by atoms with E-state index in [1.54, 1.807) is 6.07 Å². The molecule has 15 heavy (non-hydrogen) atoms. The van der Waals surface area contributed by atoms with Gasteiger partial charge in [-0.2, -0.15) is 0 Å². The Kier molecular flexibility index (Phi) is 2.97. The van der Waals surface area contributed by atoms with Crippen LogP contribution in [-0.2, 0) is 6.42 Å². The molecule has 78 valence electrons. The second-order valence-corrected chi connectivity index (χ2v) is 3.65. The van der Waals surface area contributed by atoms with Crippen LogP contribution in [0, 0.1) is 5.82 Å². The molecule has 0 heterocycles. The second kappa shape index (κ2) is 4.41. The van der Waals surface area contributed by atoms with Gasteiger partial charge in [0, 0.05) is 6.61 Å². The van der Waals surface area contributed by atoms with E-state index in [0.29, 0.717) is 0 Å². The van der Waals surface area contributed by atoms with E-state index in [-0.39, 0.29) is 12.4 Å². The number of hydrogen-bond acceptors (Lipinski definition) is 1. The number of halogens is 1. The molecule has 0 aliphatic heterocycles. The van der Waals surface area contributed by atoms with Gasteiger partial charge in [0.05, 0.1) is 0 Å². The molecular weight excluding hydrogens is 191 g/mol. The van der Waals surface area contributed by atoms with E-state index in [2.05, 4.69) is 0 Å². The van der Waals surface area contributed by atoms with Crippen LogP contribution in [0.15, 0.2) is 36.4 Å². The summed E-state index contributed by atoms with van der Waals surface area (Å²) < 4.78 is 12.9. The molecule has 0 amide bonds. The van der Waals surface area contributed by atoms with Gasteiger partial charge in [-0.25, -0.2) is 4.39 Å². The minimum atomic E-state index is -0.203. The molecule has 0 fully saturated rings. The summed E-state index contributed by atoms with van der Waals surface area (Å²) in [5, 5.41) is 10.7. The molecule has 0 aliphatic carbocycles. The third kappa shape index (κ3) is 2.34. The van der Waals surface area contributed by atoms with Crippen LogP contribution >= 0.6 is 0 Å². The zero-order chi connectivity index (χ0) is 10.7. The van der Waals surface area contributed by atoms with Gasteiger partial charge in [0.2, 0.25) is 0 Å². The van der Waals surface area contributed by atoms with Crippen molar-refractivity contribution in [2.75, 3.05) is 6.61 Å². The maximum Gasteiger partial charge on any atom is 0.123 e. The standard InChI is InChI=1S/C13H13FO/c14-13-6-5-11-8-10(2-1-7-15)3-4-12(11)9-13/h3-6,8-9,15H,1-2,7H2. The van der Waals surface area contributed by atoms with Gasteiger partial charge in [0.25, 0.3) is 0 Å². The molecule has 2 aromatic carbocycles. The molecule has 0 bridgehead atoms. The summed E-state index contributed by atoms with van der Waals surface area (Å²) in [6.07, 6.45) is 1.64. The first-order valence-electron chi connectivity index (χ1n) is 5.08. The fraction of sp³-hybridized carbons (Fsp3) is 0.231. The molecule has 1 nitrogen and oxygen atoms in total. The molecule has 0 unspecified atom stereocenters. The summed E-state index contributed by atoms with van der Waals surface area (Å²) in [7, 11) is 0. The molecule has 0 saturated carbocycles. The van der Waals surface area contributed by atoms with Crippen LogP contribution in [-0.4, -0.2) is 11.7 Å². The quantitative estimate of drug-likeness (QED) is 0.815. The highest BCUT2D eigenvalue weighted by atomic mass is 19.1. The minimum Gasteiger partial charge on any atom is -0.396 e. The number of aliphatic hydroxyl groups excluding tert-OH is 1. The van der Waals surface area contributed by atoms with Crippen LogP contribution in [0.1, 0.15) is 12.0 Å². The number of fused-ring (bicyclic) bond motifs is 1. The van der Waals surface area contributed by atoms with Crippen molar-refractivity contribution >= 4 is 10.8 Å². The van der Waals surface area contributed by atoms with Gasteiger partial charge >= 0.3 is 0 Å². The largest absolute Gasteiger partial charge is 0.396 e. The predicted octanol–water partition coefficient (Wildman–Crippen LogP) is 2.90. The molecule has 2 rings (SSSR count). The zero-order valence-corrected chi connectivity index (χ0v) is 8.41. The van der Waals surface area contributed by atoms with E-state index in [9.17, 15) is 4.39 Å². The number of rotatable bonds is 3. The molecule has 1 N–H and O–H groups in total. The summed E-state index contributed by atoms with van der Waals surface area (Å²) in [6.45, 7) is 0.210. The highest BCUT2D eigenvalue weighted by Gasteiger charge is 1.98. The van der Waals surface area contributed by atoms with Crippen molar-refractivity contribution in [3.8, 4) is 0 Å². The first-order chi connectivity index (χ1) is 7.29. The lowest BCUT2D eigenvalue weighted by Crippen LogP contribution is -1.89. The minimum absolute atomic E-state index is 0.203. The monoisotopic (exact) mass is 204 g/mol. The molecule has 0 aromatic heterocycles. The Morgan fingerprint density at radius 3 is 2.53 bits per heavy atom. The molecule has 0 saturated heterocycles. The van der Waals surface area contributed by atoms with Gasteiger partial charge in [-0.05, 0) is 41.3 Å². The second-order valence-electron chi connectivity index (χ2n) is 3.65. The average molecular weight is 204 g/mol. The number of aliphatic hydroxyl groups is 1. The molecule has 0 aliphatic rings. The van der Waals surface area contributed by atoms with Crippen LogP contribution < -0.4 is 0 Å². The van der Waals surface area contributed by atoms with Crippen LogP contribution in [0.2, 0.25) is 0 Å². The molecule has 0 radical (unpaired) electrons. The maximum absolute atomic E-state index is 12.9. The van der Waals surface area contributed by atoms with Crippen molar-refractivity contribution in [1.29, 1.82) is 0 Å². The van der Waals surface area contributed by atoms with Crippen LogP contribution in [0.4, 0.5) is 4.39 Å². The van der Waals surface area contributed by atoms with Gasteiger partial charge in [0.1, 0.15) is 5.82 Å². The number of hydrogen-bond donors (Lipinski definition) is 1. The fourth-order valence-corrected chi connectivity index (χ4v) is 1.70. The van der Waals surface area contributed by atoms with Gasteiger partial charge in [-0.15, -0.1) is 0 Å². The lowest BCUT2D eigenvalue weighted by atomic mass is 10.0. The van der Waals surface area contributed by atoms with Crippen molar-refractivity contribution < 1.29 is 9.50 Å².